The number of esters is 1. The molecule has 0 fully saturated rings. The average Bonchev–Trinajstić information content (AvgIpc) is 3.16. The predicted octanol–water partition coefficient (Wildman–Crippen LogP) is 4.97. The first-order valence-electron chi connectivity index (χ1n) is 8.88. The van der Waals surface area contributed by atoms with E-state index in [1.54, 1.807) is 6.92 Å². The van der Waals surface area contributed by atoms with Gasteiger partial charge in [-0.1, -0.05) is 23.7 Å². The third-order valence-electron chi connectivity index (χ3n) is 4.30. The molecule has 0 amide bonds. The Kier molecular flexibility index (Phi) is 6.40. The van der Waals surface area contributed by atoms with E-state index in [2.05, 4.69) is 10.1 Å². The number of ether oxygens (including phenoxy) is 1. The molecule has 3 aromatic rings. The Balaban J connectivity index is 2.01. The summed E-state index contributed by atoms with van der Waals surface area (Å²) in [7, 11) is 0. The van der Waals surface area contributed by atoms with Crippen LogP contribution in [0.4, 0.5) is 17.6 Å². The molecule has 0 aliphatic rings. The van der Waals surface area contributed by atoms with Crippen LogP contribution in [-0.2, 0) is 22.1 Å². The van der Waals surface area contributed by atoms with Crippen LogP contribution < -0.4 is 0 Å². The van der Waals surface area contributed by atoms with Crippen LogP contribution in [0.2, 0.25) is 5.02 Å². The smallest absolute Gasteiger partial charge is 0.417 e. The van der Waals surface area contributed by atoms with Gasteiger partial charge in [-0.2, -0.15) is 18.3 Å². The first-order valence-corrected chi connectivity index (χ1v) is 9.26. The topological polar surface area (TPSA) is 57.0 Å². The van der Waals surface area contributed by atoms with E-state index in [0.29, 0.717) is 17.5 Å². The molecule has 30 heavy (non-hydrogen) atoms. The number of carbonyl (C=O) groups is 1. The second kappa shape index (κ2) is 8.83. The number of rotatable bonds is 6. The normalized spacial score (nSPS) is 12.6. The Morgan fingerprint density at radius 2 is 1.93 bits per heavy atom. The molecular weight excluding hydrogens is 426 g/mol. The van der Waals surface area contributed by atoms with Crippen molar-refractivity contribution in [3.63, 3.8) is 0 Å². The van der Waals surface area contributed by atoms with Crippen molar-refractivity contribution in [1.82, 2.24) is 14.8 Å². The molecule has 158 valence electrons. The maximum atomic E-state index is 13.2. The van der Waals surface area contributed by atoms with E-state index >= 15 is 0 Å². The van der Waals surface area contributed by atoms with Crippen molar-refractivity contribution in [1.29, 1.82) is 0 Å². The van der Waals surface area contributed by atoms with E-state index in [9.17, 15) is 22.4 Å². The first-order chi connectivity index (χ1) is 14.2. The molecule has 0 aliphatic carbocycles. The fourth-order valence-corrected chi connectivity index (χ4v) is 3.15. The summed E-state index contributed by atoms with van der Waals surface area (Å²) < 4.78 is 58.3. The number of aromatic nitrogens is 3. The van der Waals surface area contributed by atoms with Crippen molar-refractivity contribution in [2.45, 2.75) is 25.4 Å². The Hall–Kier alpha value is -2.94. The molecule has 10 heteroatoms. The Morgan fingerprint density at radius 1 is 1.23 bits per heavy atom. The van der Waals surface area contributed by atoms with Gasteiger partial charge in [-0.05, 0) is 43.2 Å². The van der Waals surface area contributed by atoms with Gasteiger partial charge in [-0.15, -0.1) is 0 Å². The lowest BCUT2D eigenvalue weighted by Crippen LogP contribution is -2.22. The highest BCUT2D eigenvalue weighted by Gasteiger charge is 2.33. The molecule has 0 bridgehead atoms. The van der Waals surface area contributed by atoms with E-state index in [0.717, 1.165) is 6.07 Å². The summed E-state index contributed by atoms with van der Waals surface area (Å²) in [6.45, 7) is 1.78. The number of pyridine rings is 1. The zero-order valence-corrected chi connectivity index (χ0v) is 16.4. The molecule has 0 saturated carbocycles. The van der Waals surface area contributed by atoms with Crippen molar-refractivity contribution in [2.75, 3.05) is 6.61 Å². The Bertz CT molecular complexity index is 1040. The van der Waals surface area contributed by atoms with Crippen LogP contribution in [0.1, 0.15) is 29.7 Å². The summed E-state index contributed by atoms with van der Waals surface area (Å²) >= 11 is 6.04. The molecule has 0 saturated heterocycles. The molecule has 0 radical (unpaired) electrons. The quantitative estimate of drug-likeness (QED) is 0.400. The van der Waals surface area contributed by atoms with Crippen LogP contribution in [0, 0.1) is 5.82 Å². The van der Waals surface area contributed by atoms with E-state index in [1.165, 1.54) is 41.2 Å². The van der Waals surface area contributed by atoms with Gasteiger partial charge in [-0.25, -0.2) is 14.1 Å². The van der Waals surface area contributed by atoms with Crippen LogP contribution in [-0.4, -0.2) is 27.3 Å². The molecule has 2 aromatic heterocycles. The highest BCUT2D eigenvalue weighted by molar-refractivity contribution is 6.32. The molecule has 3 rings (SSSR count). The standard InChI is InChI=1S/C20H16ClF4N3O2/c1-2-30-19(29)15(9-12-3-5-14(22)6-4-12)17-7-8-27-28(17)18-16(21)10-13(11-26-18)20(23,24)25/h3-8,10-11,15H,2,9H2,1H3/t15-/m0/s1. The predicted molar refractivity (Wildman–Crippen MR) is 101 cm³/mol. The molecular formula is C20H16ClF4N3O2. The number of benzene rings is 1. The minimum atomic E-state index is -4.60. The SMILES string of the molecule is CCOC(=O)[C@@H](Cc1ccc(F)cc1)c1ccnn1-c1ncc(C(F)(F)F)cc1Cl. The average molecular weight is 442 g/mol. The molecule has 2 heterocycles. The van der Waals surface area contributed by atoms with E-state index in [1.807, 2.05) is 0 Å². The molecule has 0 spiro atoms. The maximum Gasteiger partial charge on any atom is 0.417 e. The summed E-state index contributed by atoms with van der Waals surface area (Å²) in [5.74, 6) is -1.90. The van der Waals surface area contributed by atoms with Gasteiger partial charge in [0.05, 0.1) is 22.9 Å². The lowest BCUT2D eigenvalue weighted by molar-refractivity contribution is -0.145. The fraction of sp³-hybridized carbons (Fsp3) is 0.250. The first kappa shape index (κ1) is 21.8. The van der Waals surface area contributed by atoms with Crippen LogP contribution in [0.15, 0.2) is 48.8 Å². The Morgan fingerprint density at radius 3 is 2.53 bits per heavy atom. The number of nitrogens with zero attached hydrogens (tertiary/aromatic N) is 3. The van der Waals surface area contributed by atoms with Gasteiger partial charge in [0.2, 0.25) is 0 Å². The summed E-state index contributed by atoms with van der Waals surface area (Å²) in [6.07, 6.45) is -2.42. The number of carbonyl (C=O) groups excluding carboxylic acids is 1. The fourth-order valence-electron chi connectivity index (χ4n) is 2.90. The second-order valence-electron chi connectivity index (χ2n) is 6.33. The third-order valence-corrected chi connectivity index (χ3v) is 4.58. The lowest BCUT2D eigenvalue weighted by Gasteiger charge is -2.18. The van der Waals surface area contributed by atoms with Gasteiger partial charge in [0.15, 0.2) is 5.82 Å². The number of halogens is 5. The van der Waals surface area contributed by atoms with E-state index < -0.39 is 29.4 Å². The van der Waals surface area contributed by atoms with Crippen molar-refractivity contribution < 1.29 is 27.1 Å². The summed E-state index contributed by atoms with van der Waals surface area (Å²) in [5.41, 5.74) is -0.0150. The van der Waals surface area contributed by atoms with Crippen molar-refractivity contribution >= 4 is 17.6 Å². The van der Waals surface area contributed by atoms with Gasteiger partial charge in [-0.3, -0.25) is 4.79 Å². The zero-order chi connectivity index (χ0) is 21.9. The molecule has 1 aromatic carbocycles. The van der Waals surface area contributed by atoms with Crippen LogP contribution in [0.25, 0.3) is 5.82 Å². The van der Waals surface area contributed by atoms with Gasteiger partial charge in [0.1, 0.15) is 11.7 Å². The zero-order valence-electron chi connectivity index (χ0n) is 15.7. The van der Waals surface area contributed by atoms with E-state index in [-0.39, 0.29) is 23.9 Å². The van der Waals surface area contributed by atoms with Crippen molar-refractivity contribution in [2.24, 2.45) is 0 Å². The van der Waals surface area contributed by atoms with Crippen molar-refractivity contribution in [3.8, 4) is 5.82 Å². The second-order valence-corrected chi connectivity index (χ2v) is 6.74. The molecule has 5 nitrogen and oxygen atoms in total. The number of hydrogen-bond acceptors (Lipinski definition) is 4. The summed E-state index contributed by atoms with van der Waals surface area (Å²) in [5, 5.41) is 3.80. The monoisotopic (exact) mass is 441 g/mol. The summed E-state index contributed by atoms with van der Waals surface area (Å²) in [4.78, 5) is 16.4. The highest BCUT2D eigenvalue weighted by atomic mass is 35.5. The Labute approximate surface area is 174 Å². The lowest BCUT2D eigenvalue weighted by atomic mass is 9.96. The summed E-state index contributed by atoms with van der Waals surface area (Å²) in [6, 6.07) is 7.87. The third kappa shape index (κ3) is 4.79. The van der Waals surface area contributed by atoms with Gasteiger partial charge >= 0.3 is 12.1 Å². The minimum Gasteiger partial charge on any atom is -0.465 e. The van der Waals surface area contributed by atoms with Gasteiger partial charge in [0.25, 0.3) is 0 Å². The van der Waals surface area contributed by atoms with Gasteiger partial charge in [0, 0.05) is 12.4 Å². The maximum absolute atomic E-state index is 13.2. The minimum absolute atomic E-state index is 0.0573. The number of hydrogen-bond donors (Lipinski definition) is 0. The molecule has 0 N–H and O–H groups in total. The van der Waals surface area contributed by atoms with Crippen molar-refractivity contribution in [3.05, 3.63) is 76.5 Å². The molecule has 0 aliphatic heterocycles. The number of alkyl halides is 3. The molecule has 1 atom stereocenters. The largest absolute Gasteiger partial charge is 0.465 e. The highest BCUT2D eigenvalue weighted by Crippen LogP contribution is 2.33. The van der Waals surface area contributed by atoms with Gasteiger partial charge < -0.3 is 4.74 Å². The van der Waals surface area contributed by atoms with Crippen LogP contribution in [0.5, 0.6) is 0 Å². The molecule has 0 unspecified atom stereocenters. The van der Waals surface area contributed by atoms with Crippen LogP contribution in [0.3, 0.4) is 0 Å². The van der Waals surface area contributed by atoms with Crippen LogP contribution >= 0.6 is 11.6 Å². The van der Waals surface area contributed by atoms with E-state index in [4.69, 9.17) is 16.3 Å².